The summed E-state index contributed by atoms with van der Waals surface area (Å²) in [5.74, 6) is 0.827. The van der Waals surface area contributed by atoms with Gasteiger partial charge in [-0.15, -0.1) is 0 Å². The van der Waals surface area contributed by atoms with Crippen molar-refractivity contribution < 1.29 is 19.1 Å². The van der Waals surface area contributed by atoms with Crippen LogP contribution in [0.1, 0.15) is 11.1 Å². The molecule has 1 fully saturated rings. The van der Waals surface area contributed by atoms with Crippen LogP contribution in [0.25, 0.3) is 6.08 Å². The minimum atomic E-state index is -0.278. The first-order valence-corrected chi connectivity index (χ1v) is 11.7. The van der Waals surface area contributed by atoms with Gasteiger partial charge in [-0.05, 0) is 41.5 Å². The molecule has 34 heavy (non-hydrogen) atoms. The number of methoxy groups -OCH3 is 1. The number of thiocarbonyl (C=S) groups is 1. The maximum absolute atomic E-state index is 12.8. The Morgan fingerprint density at radius 1 is 1.03 bits per heavy atom. The predicted molar refractivity (Wildman–Crippen MR) is 139 cm³/mol. The Kier molecular flexibility index (Phi) is 7.61. The summed E-state index contributed by atoms with van der Waals surface area (Å²) < 4.78 is 11.3. The van der Waals surface area contributed by atoms with Crippen molar-refractivity contribution in [3.8, 4) is 11.5 Å². The van der Waals surface area contributed by atoms with Gasteiger partial charge in [-0.3, -0.25) is 14.5 Å². The highest BCUT2D eigenvalue weighted by Crippen LogP contribution is 2.33. The quantitative estimate of drug-likeness (QED) is 0.349. The number of nitrogens with one attached hydrogen (secondary N) is 1. The van der Waals surface area contributed by atoms with Gasteiger partial charge in [0.1, 0.15) is 15.8 Å². The number of carbonyl (C=O) groups excluding carboxylic acids is 2. The maximum atomic E-state index is 12.8. The third-order valence-corrected chi connectivity index (χ3v) is 6.34. The first-order valence-electron chi connectivity index (χ1n) is 10.5. The zero-order valence-electron chi connectivity index (χ0n) is 18.4. The summed E-state index contributed by atoms with van der Waals surface area (Å²) in [4.78, 5) is 27.2. The number of carbonyl (C=O) groups is 2. The van der Waals surface area contributed by atoms with Gasteiger partial charge in [-0.2, -0.15) is 0 Å². The van der Waals surface area contributed by atoms with E-state index in [9.17, 15) is 9.59 Å². The van der Waals surface area contributed by atoms with Gasteiger partial charge in [-0.1, -0.05) is 72.5 Å². The molecule has 2 amide bonds. The number of thioether (sulfide) groups is 1. The van der Waals surface area contributed by atoms with Crippen LogP contribution in [0.15, 0.2) is 83.8 Å². The second kappa shape index (κ2) is 11.0. The zero-order chi connectivity index (χ0) is 23.9. The summed E-state index contributed by atoms with van der Waals surface area (Å²) in [7, 11) is 1.57. The highest BCUT2D eigenvalue weighted by atomic mass is 32.2. The number of rotatable bonds is 8. The zero-order valence-corrected chi connectivity index (χ0v) is 20.0. The van der Waals surface area contributed by atoms with Gasteiger partial charge in [0, 0.05) is 11.8 Å². The Morgan fingerprint density at radius 2 is 1.79 bits per heavy atom. The van der Waals surface area contributed by atoms with Crippen molar-refractivity contribution in [3.05, 3.63) is 94.9 Å². The second-order valence-corrected chi connectivity index (χ2v) is 9.07. The number of ether oxygens (including phenoxy) is 2. The average Bonchev–Trinajstić information content (AvgIpc) is 3.11. The van der Waals surface area contributed by atoms with E-state index in [1.54, 1.807) is 48.4 Å². The number of nitrogens with zero attached hydrogens (tertiary/aromatic N) is 1. The van der Waals surface area contributed by atoms with Gasteiger partial charge < -0.3 is 14.8 Å². The number of anilines is 1. The summed E-state index contributed by atoms with van der Waals surface area (Å²) in [6, 6.07) is 24.0. The number of hydrogen-bond donors (Lipinski definition) is 1. The van der Waals surface area contributed by atoms with Crippen LogP contribution in [0.4, 0.5) is 5.69 Å². The van der Waals surface area contributed by atoms with E-state index in [1.165, 1.54) is 11.8 Å². The highest BCUT2D eigenvalue weighted by Gasteiger charge is 2.31. The van der Waals surface area contributed by atoms with E-state index in [0.717, 1.165) is 11.1 Å². The Balaban J connectivity index is 1.33. The van der Waals surface area contributed by atoms with E-state index in [4.69, 9.17) is 21.7 Å². The highest BCUT2D eigenvalue weighted by molar-refractivity contribution is 8.26. The molecule has 0 atom stereocenters. The van der Waals surface area contributed by atoms with Crippen molar-refractivity contribution in [2.75, 3.05) is 19.0 Å². The van der Waals surface area contributed by atoms with Gasteiger partial charge in [0.05, 0.1) is 18.6 Å². The molecule has 172 valence electrons. The van der Waals surface area contributed by atoms with Crippen molar-refractivity contribution in [1.29, 1.82) is 0 Å². The molecule has 1 aliphatic rings. The van der Waals surface area contributed by atoms with E-state index < -0.39 is 0 Å². The molecular weight excluding hydrogens is 468 g/mol. The Morgan fingerprint density at radius 3 is 2.53 bits per heavy atom. The fraction of sp³-hybridized carbons (Fsp3) is 0.115. The number of amides is 2. The lowest BCUT2D eigenvalue weighted by atomic mass is 10.2. The second-order valence-electron chi connectivity index (χ2n) is 7.39. The van der Waals surface area contributed by atoms with Crippen LogP contribution in [0.5, 0.6) is 11.5 Å². The third kappa shape index (κ3) is 6.03. The molecule has 0 saturated carbocycles. The van der Waals surface area contributed by atoms with E-state index in [1.807, 2.05) is 48.5 Å². The van der Waals surface area contributed by atoms with Crippen LogP contribution < -0.4 is 14.8 Å². The topological polar surface area (TPSA) is 67.9 Å². The molecule has 1 heterocycles. The molecule has 1 aliphatic heterocycles. The van der Waals surface area contributed by atoms with Gasteiger partial charge >= 0.3 is 0 Å². The number of hydrogen-bond acceptors (Lipinski definition) is 6. The Bertz CT molecular complexity index is 1230. The van der Waals surface area contributed by atoms with Crippen molar-refractivity contribution >= 4 is 51.9 Å². The summed E-state index contributed by atoms with van der Waals surface area (Å²) in [6.07, 6.45) is 1.81. The molecule has 1 N–H and O–H groups in total. The smallest absolute Gasteiger partial charge is 0.266 e. The van der Waals surface area contributed by atoms with E-state index in [-0.39, 0.29) is 18.4 Å². The van der Waals surface area contributed by atoms with Gasteiger partial charge in [-0.25, -0.2) is 0 Å². The lowest BCUT2D eigenvalue weighted by Gasteiger charge is -2.14. The monoisotopic (exact) mass is 490 g/mol. The Hall–Kier alpha value is -3.62. The summed E-state index contributed by atoms with van der Waals surface area (Å²) >= 11 is 6.71. The molecule has 0 unspecified atom stereocenters. The van der Waals surface area contributed by atoms with Crippen LogP contribution >= 0.6 is 24.0 Å². The van der Waals surface area contributed by atoms with Crippen molar-refractivity contribution in [3.63, 3.8) is 0 Å². The molecule has 0 aromatic heterocycles. The molecule has 3 aromatic rings. The molecule has 8 heteroatoms. The molecular formula is C26H22N2O4S2. The summed E-state index contributed by atoms with van der Waals surface area (Å²) in [6.45, 7) is 0.322. The fourth-order valence-electron chi connectivity index (χ4n) is 3.26. The van der Waals surface area contributed by atoms with Crippen LogP contribution in [0, 0.1) is 0 Å². The van der Waals surface area contributed by atoms with Gasteiger partial charge in [0.2, 0.25) is 0 Å². The Labute approximate surface area is 207 Å². The van der Waals surface area contributed by atoms with Crippen molar-refractivity contribution in [2.45, 2.75) is 6.54 Å². The van der Waals surface area contributed by atoms with Crippen LogP contribution in [-0.2, 0) is 16.1 Å². The molecule has 0 spiro atoms. The first-order chi connectivity index (χ1) is 16.5. The molecule has 0 aliphatic carbocycles. The largest absolute Gasteiger partial charge is 0.497 e. The minimum Gasteiger partial charge on any atom is -0.497 e. The lowest BCUT2D eigenvalue weighted by molar-refractivity contribution is -0.122. The van der Waals surface area contributed by atoms with Gasteiger partial charge in [0.15, 0.2) is 6.61 Å². The standard InChI is InChI=1S/C26H22N2O4S2/c1-31-22-9-5-8-20(15-22)27-24(29)17-32-21-12-10-18(11-13-21)14-23-25(30)28(26(33)34-23)16-19-6-3-2-4-7-19/h2-15H,16-17H2,1H3,(H,27,29)/b23-14-. The van der Waals surface area contributed by atoms with Crippen LogP contribution in [0.2, 0.25) is 0 Å². The molecule has 3 aromatic carbocycles. The molecule has 0 bridgehead atoms. The normalized spacial score (nSPS) is 14.4. The van der Waals surface area contributed by atoms with Crippen molar-refractivity contribution in [2.24, 2.45) is 0 Å². The molecule has 4 rings (SSSR count). The van der Waals surface area contributed by atoms with E-state index in [2.05, 4.69) is 5.32 Å². The summed E-state index contributed by atoms with van der Waals surface area (Å²) in [5, 5.41) is 2.77. The molecule has 0 radical (unpaired) electrons. The average molecular weight is 491 g/mol. The van der Waals surface area contributed by atoms with Crippen LogP contribution in [0.3, 0.4) is 0 Å². The maximum Gasteiger partial charge on any atom is 0.266 e. The first kappa shape index (κ1) is 23.5. The van der Waals surface area contributed by atoms with E-state index in [0.29, 0.717) is 33.0 Å². The van der Waals surface area contributed by atoms with Crippen molar-refractivity contribution in [1.82, 2.24) is 4.90 Å². The van der Waals surface area contributed by atoms with Gasteiger partial charge in [0.25, 0.3) is 11.8 Å². The minimum absolute atomic E-state index is 0.103. The van der Waals surface area contributed by atoms with E-state index >= 15 is 0 Å². The lowest BCUT2D eigenvalue weighted by Crippen LogP contribution is -2.27. The predicted octanol–water partition coefficient (Wildman–Crippen LogP) is 5.11. The van der Waals surface area contributed by atoms with Crippen LogP contribution in [-0.4, -0.2) is 34.8 Å². The number of benzene rings is 3. The molecule has 1 saturated heterocycles. The summed E-state index contributed by atoms with van der Waals surface area (Å²) in [5.41, 5.74) is 2.50. The fourth-order valence-corrected chi connectivity index (χ4v) is 4.52. The molecule has 6 nitrogen and oxygen atoms in total. The third-order valence-electron chi connectivity index (χ3n) is 4.96. The SMILES string of the molecule is COc1cccc(NC(=O)COc2ccc(/C=C3\SC(=S)N(Cc4ccccc4)C3=O)cc2)c1.